The Morgan fingerprint density at radius 1 is 0.588 bits per heavy atom. The van der Waals surface area contributed by atoms with E-state index in [4.69, 9.17) is 23.4 Å². The molecule has 0 aromatic rings. The number of nitrogens with two attached hydrogens (primary N) is 4. The molecule has 0 fully saturated rings. The van der Waals surface area contributed by atoms with Crippen LogP contribution in [-0.2, 0) is 0 Å². The molecular formula is C4H12N8O4P+. The molecule has 0 unspecified atom stereocenters. The molecule has 0 aliphatic carbocycles. The van der Waals surface area contributed by atoms with Gasteiger partial charge >= 0.3 is 29.9 Å². The summed E-state index contributed by atoms with van der Waals surface area (Å²) in [5, 5.41) is 0. The van der Waals surface area contributed by atoms with Crippen molar-refractivity contribution in [1.29, 1.82) is 0 Å². The second kappa shape index (κ2) is 6.03. The van der Waals surface area contributed by atoms with E-state index in [0.717, 1.165) is 0 Å². The highest BCUT2D eigenvalue weighted by Gasteiger charge is 2.70. The Bertz CT molecular complexity index is 288. The summed E-state index contributed by atoms with van der Waals surface area (Å²) in [4.78, 5) is 46.0. The van der Waals surface area contributed by atoms with Crippen LogP contribution in [0.4, 0.5) is 19.2 Å². The van der Waals surface area contributed by atoms with E-state index in [9.17, 15) is 19.2 Å². The molecule has 0 aromatic heterocycles. The highest BCUT2D eigenvalue weighted by Crippen LogP contribution is 2.60. The van der Waals surface area contributed by atoms with Gasteiger partial charge in [0.05, 0.1) is 0 Å². The van der Waals surface area contributed by atoms with Crippen LogP contribution >= 0.6 is 7.26 Å². The van der Waals surface area contributed by atoms with Crippen molar-refractivity contribution >= 4 is 29.9 Å². The van der Waals surface area contributed by atoms with Crippen LogP contribution in [-0.4, -0.2) is 22.6 Å². The van der Waals surface area contributed by atoms with Gasteiger partial charge in [-0.1, -0.05) is 0 Å². The van der Waals surface area contributed by atoms with E-state index in [2.05, 4.69) is 0 Å². The van der Waals surface area contributed by atoms with Crippen LogP contribution in [0.25, 0.3) is 0 Å². The molecule has 0 saturated carbocycles. The van der Waals surface area contributed by atoms with Gasteiger partial charge in [-0.25, -0.2) is 42.5 Å². The van der Waals surface area contributed by atoms with E-state index >= 15 is 0 Å². The fourth-order valence-electron chi connectivity index (χ4n) is 0.941. The highest BCUT2D eigenvalue weighted by molar-refractivity contribution is 8.25. The number of carbonyl (C=O) groups is 4. The molecule has 0 atom stereocenters. The van der Waals surface area contributed by atoms with Crippen molar-refractivity contribution in [3.8, 4) is 0 Å². The molecule has 0 saturated heterocycles. The van der Waals surface area contributed by atoms with Crippen molar-refractivity contribution in [2.24, 2.45) is 23.4 Å². The molecular weight excluding hydrogens is 255 g/mol. The molecule has 17 heavy (non-hydrogen) atoms. The van der Waals surface area contributed by atoms with Gasteiger partial charge in [0.25, 0.3) is 0 Å². The molecule has 0 aliphatic rings. The molecule has 0 bridgehead atoms. The minimum atomic E-state index is -4.36. The molecule has 0 aliphatic heterocycles. The van der Waals surface area contributed by atoms with Crippen molar-refractivity contribution in [1.82, 2.24) is 21.7 Å². The van der Waals surface area contributed by atoms with Crippen molar-refractivity contribution in [3.05, 3.63) is 0 Å². The third-order valence-electron chi connectivity index (χ3n) is 1.71. The lowest BCUT2D eigenvalue weighted by Crippen LogP contribution is -2.51. The van der Waals surface area contributed by atoms with Gasteiger partial charge in [-0.2, -0.15) is 0 Å². The maximum absolute atomic E-state index is 11.5. The topological polar surface area (TPSA) is 220 Å². The Hall–Kier alpha value is -1.85. The fraction of sp³-hybridized carbons (Fsp3) is 0. The second-order valence-electron chi connectivity index (χ2n) is 2.47. The zero-order valence-electron chi connectivity index (χ0n) is 8.39. The fourth-order valence-corrected chi connectivity index (χ4v) is 2.82. The van der Waals surface area contributed by atoms with Gasteiger partial charge in [-0.05, 0) is 0 Å². The summed E-state index contributed by atoms with van der Waals surface area (Å²) in [6.07, 6.45) is 0. The summed E-state index contributed by atoms with van der Waals surface area (Å²) in [5.74, 6) is 19.2. The Kier molecular flexibility index (Phi) is 5.37. The van der Waals surface area contributed by atoms with Gasteiger partial charge in [-0.15, -0.1) is 0 Å². The largest absolute Gasteiger partial charge is 0.405 e. The van der Waals surface area contributed by atoms with Gasteiger partial charge in [-0.3, -0.25) is 21.7 Å². The average molecular weight is 267 g/mol. The van der Waals surface area contributed by atoms with Crippen LogP contribution in [0, 0.1) is 0 Å². The molecule has 0 heterocycles. The van der Waals surface area contributed by atoms with Gasteiger partial charge in [0.15, 0.2) is 0 Å². The Morgan fingerprint density at radius 2 is 0.765 bits per heavy atom. The number of hydrogen-bond donors (Lipinski definition) is 8. The van der Waals surface area contributed by atoms with Crippen LogP contribution in [0.3, 0.4) is 0 Å². The predicted octanol–water partition coefficient (Wildman–Crippen LogP) is -2.66. The first-order chi connectivity index (χ1) is 7.93. The summed E-state index contributed by atoms with van der Waals surface area (Å²) in [5.41, 5.74) is 0.630. The Morgan fingerprint density at radius 3 is 0.882 bits per heavy atom. The van der Waals surface area contributed by atoms with Crippen LogP contribution in [0.1, 0.15) is 0 Å². The predicted molar refractivity (Wildman–Crippen MR) is 57.8 cm³/mol. The van der Waals surface area contributed by atoms with E-state index in [1.807, 2.05) is 0 Å². The first kappa shape index (κ1) is 15.2. The molecule has 0 rings (SSSR count). The number of amides is 4. The van der Waals surface area contributed by atoms with Gasteiger partial charge in [0, 0.05) is 0 Å². The minimum Gasteiger partial charge on any atom is -0.259 e. The molecule has 0 spiro atoms. The third-order valence-corrected chi connectivity index (χ3v) is 4.67. The summed E-state index contributed by atoms with van der Waals surface area (Å²) >= 11 is 0. The SMILES string of the molecule is NNC(=O)[P+](C(=O)NN)(C(=O)NN)C(=O)NN. The normalized spacial score (nSPS) is 10.1. The molecule has 13 heteroatoms. The maximum atomic E-state index is 11.5. The monoisotopic (exact) mass is 267 g/mol. The van der Waals surface area contributed by atoms with Crippen LogP contribution in [0.15, 0.2) is 0 Å². The van der Waals surface area contributed by atoms with E-state index in [1.54, 1.807) is 0 Å². The quantitative estimate of drug-likeness (QED) is 0.116. The average Bonchev–Trinajstić information content (AvgIpc) is 2.37. The number of rotatable bonds is 4. The number of carbonyl (C=O) groups excluding carboxylic acids is 4. The number of nitrogens with one attached hydrogen (secondary N) is 4. The summed E-state index contributed by atoms with van der Waals surface area (Å²) in [6, 6.07) is 0. The van der Waals surface area contributed by atoms with Gasteiger partial charge in [0.1, 0.15) is 0 Å². The minimum absolute atomic E-state index is 1.36. The van der Waals surface area contributed by atoms with Crippen molar-refractivity contribution < 1.29 is 19.2 Å². The number of hydrogen-bond acceptors (Lipinski definition) is 8. The lowest BCUT2D eigenvalue weighted by molar-refractivity contribution is 0.247. The number of hydrazine groups is 4. The van der Waals surface area contributed by atoms with Crippen LogP contribution < -0.4 is 45.1 Å². The second-order valence-corrected chi connectivity index (χ2v) is 5.44. The zero-order chi connectivity index (χ0) is 13.6. The summed E-state index contributed by atoms with van der Waals surface area (Å²) in [7, 11) is -4.36. The zero-order valence-corrected chi connectivity index (χ0v) is 9.28. The highest BCUT2D eigenvalue weighted by atomic mass is 31.2. The van der Waals surface area contributed by atoms with Crippen molar-refractivity contribution in [3.63, 3.8) is 0 Å². The molecule has 12 nitrogen and oxygen atoms in total. The molecule has 96 valence electrons. The molecule has 0 radical (unpaired) electrons. The van der Waals surface area contributed by atoms with E-state index < -0.39 is 29.9 Å². The summed E-state index contributed by atoms with van der Waals surface area (Å²) in [6.45, 7) is 0. The third kappa shape index (κ3) is 2.30. The van der Waals surface area contributed by atoms with Gasteiger partial charge < -0.3 is 0 Å². The standard InChI is InChI=1S/C4H11N8O4P/c5-9-1(13)17(2(14)10-6,3(15)11-7)4(16)12-8/h5-8H2,(H3-,9,10,11,12,13,14,15,16)/p+1. The molecule has 4 amide bonds. The lowest BCUT2D eigenvalue weighted by Gasteiger charge is -2.15. The molecule has 0 aromatic carbocycles. The first-order valence-corrected chi connectivity index (χ1v) is 5.65. The van der Waals surface area contributed by atoms with Crippen LogP contribution in [0.2, 0.25) is 0 Å². The smallest absolute Gasteiger partial charge is 0.259 e. The van der Waals surface area contributed by atoms with Crippen molar-refractivity contribution in [2.45, 2.75) is 0 Å². The summed E-state index contributed by atoms with van der Waals surface area (Å²) < 4.78 is 0. The first-order valence-electron chi connectivity index (χ1n) is 3.87. The van der Waals surface area contributed by atoms with E-state index in [0.29, 0.717) is 0 Å². The van der Waals surface area contributed by atoms with E-state index in [-0.39, 0.29) is 0 Å². The maximum Gasteiger partial charge on any atom is 0.405 e. The Balaban J connectivity index is 5.88. The van der Waals surface area contributed by atoms with Gasteiger partial charge in [0.2, 0.25) is 0 Å². The Labute approximate surface area is 95.0 Å². The van der Waals surface area contributed by atoms with E-state index in [1.165, 1.54) is 21.7 Å². The van der Waals surface area contributed by atoms with Crippen molar-refractivity contribution in [2.75, 3.05) is 0 Å². The lowest BCUT2D eigenvalue weighted by atomic mass is 11.3. The molecule has 12 N–H and O–H groups in total. The van der Waals surface area contributed by atoms with Crippen LogP contribution in [0.5, 0.6) is 0 Å².